The smallest absolute Gasteiger partial charge is 0.399 e. The molecule has 128 valence electrons. The molecule has 2 rings (SSSR count). The van der Waals surface area contributed by atoms with Crippen LogP contribution in [-0.4, -0.2) is 62.4 Å². The fourth-order valence-electron chi connectivity index (χ4n) is 2.62. The van der Waals surface area contributed by atoms with Gasteiger partial charge in [0.2, 0.25) is 0 Å². The van der Waals surface area contributed by atoms with E-state index in [2.05, 4.69) is 82.9 Å². The van der Waals surface area contributed by atoms with Gasteiger partial charge in [-0.1, -0.05) is 24.3 Å². The average molecular weight is 318 g/mol. The molecule has 0 radical (unpaired) electrons. The molecule has 1 aliphatic heterocycles. The van der Waals surface area contributed by atoms with Crippen molar-refractivity contribution in [1.82, 2.24) is 9.80 Å². The van der Waals surface area contributed by atoms with Gasteiger partial charge in [0, 0.05) is 19.6 Å². The summed E-state index contributed by atoms with van der Waals surface area (Å²) in [6, 6.07) is 8.44. The van der Waals surface area contributed by atoms with Gasteiger partial charge in [0.15, 0.2) is 0 Å². The fraction of sp³-hybridized carbons (Fsp3) is 0.667. The molecule has 0 unspecified atom stereocenters. The molecule has 0 saturated carbocycles. The Morgan fingerprint density at radius 1 is 0.913 bits per heavy atom. The molecule has 0 amide bonds. The first-order valence-corrected chi connectivity index (χ1v) is 8.39. The molecule has 0 aliphatic carbocycles. The van der Waals surface area contributed by atoms with E-state index in [1.54, 1.807) is 0 Å². The van der Waals surface area contributed by atoms with E-state index < -0.39 is 0 Å². The third-order valence-electron chi connectivity index (χ3n) is 4.93. The van der Waals surface area contributed by atoms with Crippen LogP contribution in [0.5, 0.6) is 0 Å². The van der Waals surface area contributed by atoms with Crippen molar-refractivity contribution in [3.63, 3.8) is 0 Å². The van der Waals surface area contributed by atoms with Gasteiger partial charge in [-0.15, -0.1) is 0 Å². The lowest BCUT2D eigenvalue weighted by molar-refractivity contribution is 0.00578. The van der Waals surface area contributed by atoms with Crippen molar-refractivity contribution in [2.75, 3.05) is 34.2 Å². The summed E-state index contributed by atoms with van der Waals surface area (Å²) < 4.78 is 12.4. The van der Waals surface area contributed by atoms with E-state index >= 15 is 0 Å². The molecule has 0 atom stereocenters. The lowest BCUT2D eigenvalue weighted by atomic mass is 9.76. The Hall–Kier alpha value is -0.875. The number of benzene rings is 1. The molecule has 0 bridgehead atoms. The molecule has 0 aromatic heterocycles. The van der Waals surface area contributed by atoms with Gasteiger partial charge in [-0.2, -0.15) is 0 Å². The number of nitrogens with zero attached hydrogens (tertiary/aromatic N) is 2. The minimum absolute atomic E-state index is 0.293. The third-order valence-corrected chi connectivity index (χ3v) is 4.93. The van der Waals surface area contributed by atoms with E-state index in [9.17, 15) is 0 Å². The minimum atomic E-state index is -0.304. The van der Waals surface area contributed by atoms with Gasteiger partial charge < -0.3 is 19.1 Å². The Morgan fingerprint density at radius 3 is 2.04 bits per heavy atom. The second-order valence-corrected chi connectivity index (χ2v) is 7.83. The molecule has 1 fully saturated rings. The molecule has 0 spiro atoms. The zero-order valence-corrected chi connectivity index (χ0v) is 15.7. The maximum absolute atomic E-state index is 6.22. The zero-order valence-electron chi connectivity index (χ0n) is 15.7. The average Bonchev–Trinajstić information content (AvgIpc) is 2.65. The molecule has 0 N–H and O–H groups in total. The molecule has 1 aliphatic rings. The highest BCUT2D eigenvalue weighted by Gasteiger charge is 2.52. The van der Waals surface area contributed by atoms with Crippen LogP contribution in [-0.2, 0) is 15.9 Å². The number of hydrogen-bond donors (Lipinski definition) is 0. The van der Waals surface area contributed by atoms with Crippen molar-refractivity contribution in [2.24, 2.45) is 0 Å². The van der Waals surface area contributed by atoms with Crippen molar-refractivity contribution >= 4 is 12.6 Å². The summed E-state index contributed by atoms with van der Waals surface area (Å²) in [6.45, 7) is 11.4. The molecule has 1 saturated heterocycles. The zero-order chi connectivity index (χ0) is 17.3. The Kier molecular flexibility index (Phi) is 5.57. The molecule has 1 aromatic rings. The summed E-state index contributed by atoms with van der Waals surface area (Å²) in [6.07, 6.45) is 0. The lowest BCUT2D eigenvalue weighted by Gasteiger charge is -2.32. The summed E-state index contributed by atoms with van der Waals surface area (Å²) in [5, 5.41) is 0. The van der Waals surface area contributed by atoms with Gasteiger partial charge in [0.25, 0.3) is 0 Å². The molecule has 1 aromatic carbocycles. The maximum atomic E-state index is 6.22. The van der Waals surface area contributed by atoms with Crippen molar-refractivity contribution in [1.29, 1.82) is 0 Å². The van der Waals surface area contributed by atoms with Crippen molar-refractivity contribution in [2.45, 2.75) is 45.4 Å². The first-order valence-electron chi connectivity index (χ1n) is 8.39. The van der Waals surface area contributed by atoms with Crippen LogP contribution in [0.15, 0.2) is 24.3 Å². The van der Waals surface area contributed by atoms with Gasteiger partial charge in [0.1, 0.15) is 0 Å². The van der Waals surface area contributed by atoms with Crippen LogP contribution < -0.4 is 5.46 Å². The van der Waals surface area contributed by atoms with Crippen LogP contribution >= 0.6 is 0 Å². The molecule has 4 nitrogen and oxygen atoms in total. The minimum Gasteiger partial charge on any atom is -0.399 e. The fourth-order valence-corrected chi connectivity index (χ4v) is 2.62. The SMILES string of the molecule is CN(C)CCN(C)Cc1ccccc1B1OC(C)(C)C(C)(C)O1. The Balaban J connectivity index is 2.13. The first-order chi connectivity index (χ1) is 10.6. The summed E-state index contributed by atoms with van der Waals surface area (Å²) in [7, 11) is 6.07. The lowest BCUT2D eigenvalue weighted by Crippen LogP contribution is -2.41. The highest BCUT2D eigenvalue weighted by molar-refractivity contribution is 6.62. The quantitative estimate of drug-likeness (QED) is 0.749. The van der Waals surface area contributed by atoms with Crippen molar-refractivity contribution in [3.8, 4) is 0 Å². The van der Waals surface area contributed by atoms with Crippen LogP contribution in [0.4, 0.5) is 0 Å². The van der Waals surface area contributed by atoms with Crippen LogP contribution in [0, 0.1) is 0 Å². The Labute approximate surface area is 141 Å². The second-order valence-electron chi connectivity index (χ2n) is 7.83. The van der Waals surface area contributed by atoms with Crippen LogP contribution in [0.3, 0.4) is 0 Å². The van der Waals surface area contributed by atoms with E-state index in [0.717, 1.165) is 25.1 Å². The van der Waals surface area contributed by atoms with Crippen molar-refractivity contribution < 1.29 is 9.31 Å². The van der Waals surface area contributed by atoms with E-state index in [1.165, 1.54) is 5.56 Å². The first kappa shape index (κ1) is 18.5. The van der Waals surface area contributed by atoms with E-state index in [4.69, 9.17) is 9.31 Å². The van der Waals surface area contributed by atoms with Gasteiger partial charge in [0.05, 0.1) is 11.2 Å². The van der Waals surface area contributed by atoms with E-state index in [0.29, 0.717) is 0 Å². The maximum Gasteiger partial charge on any atom is 0.495 e. The van der Waals surface area contributed by atoms with Crippen LogP contribution in [0.1, 0.15) is 33.3 Å². The Morgan fingerprint density at radius 2 is 1.48 bits per heavy atom. The molecular weight excluding hydrogens is 287 g/mol. The van der Waals surface area contributed by atoms with E-state index in [1.807, 2.05) is 0 Å². The summed E-state index contributed by atoms with van der Waals surface area (Å²) in [5.41, 5.74) is 1.80. The predicted molar refractivity (Wildman–Crippen MR) is 97.0 cm³/mol. The molecular formula is C18H31BN2O2. The van der Waals surface area contributed by atoms with Gasteiger partial charge in [-0.05, 0) is 59.9 Å². The molecule has 5 heteroatoms. The molecule has 23 heavy (non-hydrogen) atoms. The topological polar surface area (TPSA) is 24.9 Å². The summed E-state index contributed by atoms with van der Waals surface area (Å²) in [5.74, 6) is 0. The standard InChI is InChI=1S/C18H31BN2O2/c1-17(2)18(3,4)23-19(22-17)16-11-9-8-10-15(16)14-21(7)13-12-20(5)6/h8-11H,12-14H2,1-7H3. The number of rotatable bonds is 6. The highest BCUT2D eigenvalue weighted by atomic mass is 16.7. The molecule has 1 heterocycles. The monoisotopic (exact) mass is 318 g/mol. The van der Waals surface area contributed by atoms with Gasteiger partial charge in [-0.25, -0.2) is 0 Å². The van der Waals surface area contributed by atoms with Crippen LogP contribution in [0.2, 0.25) is 0 Å². The Bertz CT molecular complexity index is 516. The number of hydrogen-bond acceptors (Lipinski definition) is 4. The summed E-state index contributed by atoms with van der Waals surface area (Å²) in [4.78, 5) is 4.54. The second kappa shape index (κ2) is 6.93. The van der Waals surface area contributed by atoms with Gasteiger partial charge >= 0.3 is 7.12 Å². The highest BCUT2D eigenvalue weighted by Crippen LogP contribution is 2.36. The number of likely N-dealkylation sites (N-methyl/N-ethyl adjacent to an activating group) is 2. The van der Waals surface area contributed by atoms with Gasteiger partial charge in [-0.3, -0.25) is 0 Å². The van der Waals surface area contributed by atoms with Crippen molar-refractivity contribution in [3.05, 3.63) is 29.8 Å². The largest absolute Gasteiger partial charge is 0.495 e. The van der Waals surface area contributed by atoms with Crippen LogP contribution in [0.25, 0.3) is 0 Å². The predicted octanol–water partition coefficient (Wildman–Crippen LogP) is 1.98. The third kappa shape index (κ3) is 4.35. The normalized spacial score (nSPS) is 19.8. The summed E-state index contributed by atoms with van der Waals surface area (Å²) >= 11 is 0. The van der Waals surface area contributed by atoms with E-state index in [-0.39, 0.29) is 18.3 Å².